The number of rotatable bonds is 9. The van der Waals surface area contributed by atoms with Crippen LogP contribution >= 0.6 is 0 Å². The quantitative estimate of drug-likeness (QED) is 0.744. The average Bonchev–Trinajstić information content (AvgIpc) is 2.64. The van der Waals surface area contributed by atoms with Gasteiger partial charge in [0.1, 0.15) is 17.2 Å². The molecule has 0 aliphatic carbocycles. The minimum Gasteiger partial charge on any atom is -0.497 e. The van der Waals surface area contributed by atoms with Crippen LogP contribution in [0.15, 0.2) is 36.4 Å². The summed E-state index contributed by atoms with van der Waals surface area (Å²) in [6, 6.07) is 11.8. The molecular weight excluding hydrogens is 330 g/mol. The summed E-state index contributed by atoms with van der Waals surface area (Å²) in [5, 5.41) is 0. The average molecular weight is 357 g/mol. The number of benzene rings is 2. The SMILES string of the molecule is COc1ccc(C(CCc2c(OC)cc(C)cc2OC)CC(N)=O)cc1. The molecule has 0 fully saturated rings. The van der Waals surface area contributed by atoms with Crippen molar-refractivity contribution in [2.75, 3.05) is 21.3 Å². The molecule has 0 spiro atoms. The molecule has 0 aliphatic rings. The van der Waals surface area contributed by atoms with E-state index in [-0.39, 0.29) is 11.8 Å². The predicted molar refractivity (Wildman–Crippen MR) is 102 cm³/mol. The summed E-state index contributed by atoms with van der Waals surface area (Å²) >= 11 is 0. The second-order valence-electron chi connectivity index (χ2n) is 6.33. The van der Waals surface area contributed by atoms with E-state index in [0.29, 0.717) is 6.42 Å². The second-order valence-corrected chi connectivity index (χ2v) is 6.33. The van der Waals surface area contributed by atoms with Crippen LogP contribution in [-0.2, 0) is 11.2 Å². The van der Waals surface area contributed by atoms with Crippen molar-refractivity contribution >= 4 is 5.91 Å². The molecule has 0 radical (unpaired) electrons. The fraction of sp³-hybridized carbons (Fsp3) is 0.381. The summed E-state index contributed by atoms with van der Waals surface area (Å²) in [7, 11) is 4.94. The molecule has 2 N–H and O–H groups in total. The van der Waals surface area contributed by atoms with Crippen LogP contribution in [0.3, 0.4) is 0 Å². The number of ether oxygens (including phenoxy) is 3. The highest BCUT2D eigenvalue weighted by molar-refractivity contribution is 5.74. The summed E-state index contributed by atoms with van der Waals surface area (Å²) in [5.41, 5.74) is 8.62. The van der Waals surface area contributed by atoms with E-state index in [0.717, 1.165) is 46.8 Å². The second kappa shape index (κ2) is 9.13. The largest absolute Gasteiger partial charge is 0.497 e. The van der Waals surface area contributed by atoms with E-state index in [9.17, 15) is 4.79 Å². The molecule has 1 amide bonds. The Kier molecular flexibility index (Phi) is 6.89. The number of hydrogen-bond acceptors (Lipinski definition) is 4. The molecule has 0 bridgehead atoms. The maximum absolute atomic E-state index is 11.6. The van der Waals surface area contributed by atoms with E-state index >= 15 is 0 Å². The third-order valence-corrected chi connectivity index (χ3v) is 4.53. The zero-order valence-electron chi connectivity index (χ0n) is 15.9. The van der Waals surface area contributed by atoms with Gasteiger partial charge in [-0.05, 0) is 61.1 Å². The van der Waals surface area contributed by atoms with Crippen LogP contribution in [-0.4, -0.2) is 27.2 Å². The third kappa shape index (κ3) is 4.91. The zero-order valence-corrected chi connectivity index (χ0v) is 15.9. The van der Waals surface area contributed by atoms with Gasteiger partial charge in [-0.1, -0.05) is 12.1 Å². The van der Waals surface area contributed by atoms with Gasteiger partial charge in [-0.2, -0.15) is 0 Å². The Hall–Kier alpha value is -2.69. The lowest BCUT2D eigenvalue weighted by Crippen LogP contribution is -2.16. The first-order valence-corrected chi connectivity index (χ1v) is 8.62. The first-order chi connectivity index (χ1) is 12.5. The number of carbonyl (C=O) groups excluding carboxylic acids is 1. The van der Waals surface area contributed by atoms with Gasteiger partial charge in [0.05, 0.1) is 21.3 Å². The van der Waals surface area contributed by atoms with Crippen molar-refractivity contribution in [2.24, 2.45) is 5.73 Å². The fourth-order valence-electron chi connectivity index (χ4n) is 3.19. The highest BCUT2D eigenvalue weighted by atomic mass is 16.5. The number of nitrogens with two attached hydrogens (primary N) is 1. The van der Waals surface area contributed by atoms with Crippen LogP contribution in [0, 0.1) is 6.92 Å². The maximum atomic E-state index is 11.6. The minimum atomic E-state index is -0.311. The van der Waals surface area contributed by atoms with Crippen molar-refractivity contribution in [3.63, 3.8) is 0 Å². The number of carbonyl (C=O) groups is 1. The lowest BCUT2D eigenvalue weighted by molar-refractivity contribution is -0.118. The Morgan fingerprint density at radius 2 is 1.58 bits per heavy atom. The topological polar surface area (TPSA) is 70.8 Å². The molecule has 2 aromatic rings. The lowest BCUT2D eigenvalue weighted by Gasteiger charge is -2.19. The summed E-state index contributed by atoms with van der Waals surface area (Å²) in [6.45, 7) is 2.00. The molecule has 2 rings (SSSR count). The van der Waals surface area contributed by atoms with E-state index in [4.69, 9.17) is 19.9 Å². The molecule has 0 heterocycles. The predicted octanol–water partition coefficient (Wildman–Crippen LogP) is 3.61. The molecule has 5 nitrogen and oxygen atoms in total. The summed E-state index contributed by atoms with van der Waals surface area (Å²) in [6.07, 6.45) is 1.77. The monoisotopic (exact) mass is 357 g/mol. The van der Waals surface area contributed by atoms with E-state index in [1.165, 1.54) is 0 Å². The van der Waals surface area contributed by atoms with Crippen molar-refractivity contribution in [3.8, 4) is 17.2 Å². The van der Waals surface area contributed by atoms with Gasteiger partial charge in [0.25, 0.3) is 0 Å². The van der Waals surface area contributed by atoms with Crippen LogP contribution in [0.4, 0.5) is 0 Å². The van der Waals surface area contributed by atoms with Crippen LogP contribution in [0.2, 0.25) is 0 Å². The summed E-state index contributed by atoms with van der Waals surface area (Å²) < 4.78 is 16.3. The highest BCUT2D eigenvalue weighted by Crippen LogP contribution is 2.34. The van der Waals surface area contributed by atoms with Crippen molar-refractivity contribution in [1.82, 2.24) is 0 Å². The van der Waals surface area contributed by atoms with Gasteiger partial charge in [-0.3, -0.25) is 4.79 Å². The molecule has 1 atom stereocenters. The molecule has 0 saturated heterocycles. The lowest BCUT2D eigenvalue weighted by atomic mass is 9.89. The Morgan fingerprint density at radius 1 is 1.00 bits per heavy atom. The van der Waals surface area contributed by atoms with E-state index in [1.54, 1.807) is 21.3 Å². The van der Waals surface area contributed by atoms with Crippen LogP contribution in [0.25, 0.3) is 0 Å². The number of aryl methyl sites for hydroxylation is 1. The van der Waals surface area contributed by atoms with E-state index in [2.05, 4.69) is 0 Å². The molecule has 2 aromatic carbocycles. The van der Waals surface area contributed by atoms with Crippen LogP contribution in [0.5, 0.6) is 17.2 Å². The maximum Gasteiger partial charge on any atom is 0.218 e. The first kappa shape index (κ1) is 19.6. The number of primary amides is 1. The molecule has 140 valence electrons. The van der Waals surface area contributed by atoms with Crippen molar-refractivity contribution in [1.29, 1.82) is 0 Å². The highest BCUT2D eigenvalue weighted by Gasteiger charge is 2.18. The van der Waals surface area contributed by atoms with Crippen molar-refractivity contribution < 1.29 is 19.0 Å². The number of hydrogen-bond donors (Lipinski definition) is 1. The normalized spacial score (nSPS) is 11.7. The van der Waals surface area contributed by atoms with Gasteiger partial charge in [0.15, 0.2) is 0 Å². The zero-order chi connectivity index (χ0) is 19.1. The van der Waals surface area contributed by atoms with Gasteiger partial charge >= 0.3 is 0 Å². The van der Waals surface area contributed by atoms with Gasteiger partial charge in [-0.15, -0.1) is 0 Å². The number of methoxy groups -OCH3 is 3. The smallest absolute Gasteiger partial charge is 0.218 e. The van der Waals surface area contributed by atoms with Gasteiger partial charge < -0.3 is 19.9 Å². The third-order valence-electron chi connectivity index (χ3n) is 4.53. The fourth-order valence-corrected chi connectivity index (χ4v) is 3.19. The Morgan fingerprint density at radius 3 is 2.04 bits per heavy atom. The molecule has 26 heavy (non-hydrogen) atoms. The molecular formula is C21H27NO4. The molecule has 1 unspecified atom stereocenters. The molecule has 0 saturated carbocycles. The molecule has 0 aliphatic heterocycles. The van der Waals surface area contributed by atoms with Gasteiger partial charge in [0.2, 0.25) is 5.91 Å². The Labute approximate surface area is 155 Å². The summed E-state index contributed by atoms with van der Waals surface area (Å²) in [5.74, 6) is 2.10. The Balaban J connectivity index is 2.25. The van der Waals surface area contributed by atoms with Gasteiger partial charge in [0, 0.05) is 12.0 Å². The van der Waals surface area contributed by atoms with Crippen molar-refractivity contribution in [2.45, 2.75) is 32.1 Å². The molecule has 0 aromatic heterocycles. The number of amides is 1. The first-order valence-electron chi connectivity index (χ1n) is 8.62. The van der Waals surface area contributed by atoms with Crippen LogP contribution in [0.1, 0.15) is 35.4 Å². The van der Waals surface area contributed by atoms with Gasteiger partial charge in [-0.25, -0.2) is 0 Å². The Bertz CT molecular complexity index is 715. The standard InChI is InChI=1S/C21H27NO4/c1-14-11-19(25-3)18(20(12-14)26-4)10-7-16(13-21(22)23)15-5-8-17(24-2)9-6-15/h5-6,8-9,11-12,16H,7,10,13H2,1-4H3,(H2,22,23). The molecule has 5 heteroatoms. The summed E-state index contributed by atoms with van der Waals surface area (Å²) in [4.78, 5) is 11.6. The van der Waals surface area contributed by atoms with E-state index < -0.39 is 0 Å². The van der Waals surface area contributed by atoms with Crippen molar-refractivity contribution in [3.05, 3.63) is 53.1 Å². The van der Waals surface area contributed by atoms with E-state index in [1.807, 2.05) is 43.3 Å². The van der Waals surface area contributed by atoms with Crippen LogP contribution < -0.4 is 19.9 Å². The minimum absolute atomic E-state index is 0.0223.